The zero-order valence-electron chi connectivity index (χ0n) is 19.0. The van der Waals surface area contributed by atoms with Crippen LogP contribution < -0.4 is 16.0 Å². The van der Waals surface area contributed by atoms with Crippen LogP contribution in [0.5, 0.6) is 0 Å². The van der Waals surface area contributed by atoms with E-state index in [9.17, 15) is 4.79 Å². The molecule has 0 bridgehead atoms. The molecule has 0 saturated carbocycles. The van der Waals surface area contributed by atoms with Crippen LogP contribution in [-0.4, -0.2) is 34.9 Å². The van der Waals surface area contributed by atoms with Gasteiger partial charge in [0.25, 0.3) is 0 Å². The van der Waals surface area contributed by atoms with Gasteiger partial charge in [-0.1, -0.05) is 51.4 Å². The van der Waals surface area contributed by atoms with E-state index in [1.165, 1.54) is 44.9 Å². The van der Waals surface area contributed by atoms with Crippen LogP contribution >= 0.6 is 12.2 Å². The first-order chi connectivity index (χ1) is 14.3. The third-order valence-corrected chi connectivity index (χ3v) is 4.94. The summed E-state index contributed by atoms with van der Waals surface area (Å²) < 4.78 is 5.22. The molecule has 1 aromatic rings. The van der Waals surface area contributed by atoms with E-state index in [4.69, 9.17) is 22.7 Å². The summed E-state index contributed by atoms with van der Waals surface area (Å²) in [5.41, 5.74) is 6.44. The van der Waals surface area contributed by atoms with Crippen LogP contribution in [0.1, 0.15) is 85.0 Å². The maximum atomic E-state index is 11.5. The average molecular weight is 437 g/mol. The topological polar surface area (TPSA) is 80.5 Å². The van der Waals surface area contributed by atoms with E-state index in [1.807, 2.05) is 37.8 Å². The smallest absolute Gasteiger partial charge is 0.407 e. The average Bonchev–Trinajstić information content (AvgIpc) is 2.67. The Bertz CT molecular complexity index is 605. The lowest BCUT2D eigenvalue weighted by molar-refractivity contribution is 0.0527. The third-order valence-electron chi connectivity index (χ3n) is 4.72. The Morgan fingerprint density at radius 3 is 2.00 bits per heavy atom. The predicted octanol–water partition coefficient (Wildman–Crippen LogP) is 5.56. The maximum absolute atomic E-state index is 11.5. The van der Waals surface area contributed by atoms with E-state index in [1.54, 1.807) is 12.4 Å². The summed E-state index contributed by atoms with van der Waals surface area (Å²) in [6.45, 7) is 7.17. The molecular formula is C23H40N4O2S. The third kappa shape index (κ3) is 13.4. The number of amides is 1. The molecule has 30 heavy (non-hydrogen) atoms. The van der Waals surface area contributed by atoms with Gasteiger partial charge in [-0.3, -0.25) is 4.98 Å². The quantitative estimate of drug-likeness (QED) is 0.294. The standard InChI is InChI=1S/C23H40N4O2S/c1-23(2,3)29-22(28)26-16-12-10-8-6-4-5-7-9-11-13-19-27(21(24)30)20-14-17-25-18-15-20/h14-15,17-18H,4-13,16,19H2,1-3H3,(H2,24,30)(H,26,28). The summed E-state index contributed by atoms with van der Waals surface area (Å²) in [5, 5.41) is 3.23. The molecule has 0 atom stereocenters. The number of aromatic nitrogens is 1. The van der Waals surface area contributed by atoms with Crippen LogP contribution in [0.2, 0.25) is 0 Å². The van der Waals surface area contributed by atoms with Crippen molar-refractivity contribution in [3.8, 4) is 0 Å². The highest BCUT2D eigenvalue weighted by molar-refractivity contribution is 7.80. The summed E-state index contributed by atoms with van der Waals surface area (Å²) >= 11 is 5.18. The molecule has 1 rings (SSSR count). The second-order valence-corrected chi connectivity index (χ2v) is 9.08. The van der Waals surface area contributed by atoms with Crippen molar-refractivity contribution in [3.63, 3.8) is 0 Å². The summed E-state index contributed by atoms with van der Waals surface area (Å²) in [4.78, 5) is 17.6. The van der Waals surface area contributed by atoms with Gasteiger partial charge < -0.3 is 20.7 Å². The number of carbonyl (C=O) groups is 1. The minimum Gasteiger partial charge on any atom is -0.444 e. The van der Waals surface area contributed by atoms with E-state index >= 15 is 0 Å². The lowest BCUT2D eigenvalue weighted by atomic mass is 10.1. The molecule has 1 amide bonds. The molecule has 0 aliphatic carbocycles. The van der Waals surface area contributed by atoms with Gasteiger partial charge in [-0.05, 0) is 58.0 Å². The Morgan fingerprint density at radius 1 is 1.00 bits per heavy atom. The van der Waals surface area contributed by atoms with Gasteiger partial charge in [0.2, 0.25) is 0 Å². The SMILES string of the molecule is CC(C)(C)OC(=O)NCCCCCCCCCCCCN(C(N)=S)c1ccncc1. The van der Waals surface area contributed by atoms with Crippen LogP contribution in [-0.2, 0) is 4.74 Å². The number of nitrogens with two attached hydrogens (primary N) is 1. The van der Waals surface area contributed by atoms with Gasteiger partial charge in [-0.15, -0.1) is 0 Å². The lowest BCUT2D eigenvalue weighted by Crippen LogP contribution is -2.36. The summed E-state index contributed by atoms with van der Waals surface area (Å²) in [7, 11) is 0. The number of nitrogens with zero attached hydrogens (tertiary/aromatic N) is 2. The first-order valence-corrected chi connectivity index (χ1v) is 11.6. The second kappa shape index (κ2) is 15.0. The molecule has 0 aromatic carbocycles. The van der Waals surface area contributed by atoms with Crippen LogP contribution in [0.4, 0.5) is 10.5 Å². The van der Waals surface area contributed by atoms with Crippen LogP contribution in [0.15, 0.2) is 24.5 Å². The Kier molecular flexibility index (Phi) is 13.1. The van der Waals surface area contributed by atoms with Gasteiger partial charge in [0.05, 0.1) is 0 Å². The zero-order valence-corrected chi connectivity index (χ0v) is 19.8. The van der Waals surface area contributed by atoms with E-state index in [0.717, 1.165) is 31.5 Å². The number of unbranched alkanes of at least 4 members (excludes halogenated alkanes) is 9. The van der Waals surface area contributed by atoms with Gasteiger partial charge >= 0.3 is 6.09 Å². The molecular weight excluding hydrogens is 396 g/mol. The van der Waals surface area contributed by atoms with Crippen molar-refractivity contribution < 1.29 is 9.53 Å². The second-order valence-electron chi connectivity index (χ2n) is 8.66. The molecule has 7 heteroatoms. The normalized spacial score (nSPS) is 11.2. The van der Waals surface area contributed by atoms with Crippen molar-refractivity contribution in [2.45, 2.75) is 90.6 Å². The van der Waals surface area contributed by atoms with E-state index in [0.29, 0.717) is 11.7 Å². The van der Waals surface area contributed by atoms with E-state index < -0.39 is 5.60 Å². The van der Waals surface area contributed by atoms with Crippen molar-refractivity contribution in [2.75, 3.05) is 18.0 Å². The van der Waals surface area contributed by atoms with Crippen LogP contribution in [0.3, 0.4) is 0 Å². The zero-order chi connectivity index (χ0) is 22.2. The highest BCUT2D eigenvalue weighted by Crippen LogP contribution is 2.15. The number of alkyl carbamates (subject to hydrolysis) is 1. The molecule has 0 radical (unpaired) electrons. The maximum Gasteiger partial charge on any atom is 0.407 e. The molecule has 3 N–H and O–H groups in total. The molecule has 1 heterocycles. The highest BCUT2D eigenvalue weighted by Gasteiger charge is 2.15. The molecule has 0 fully saturated rings. The van der Waals surface area contributed by atoms with Crippen molar-refractivity contribution in [1.82, 2.24) is 10.3 Å². The number of ether oxygens (including phenoxy) is 1. The van der Waals surface area contributed by atoms with Gasteiger partial charge in [0.1, 0.15) is 5.60 Å². The van der Waals surface area contributed by atoms with Gasteiger partial charge in [0, 0.05) is 31.2 Å². The number of hydrogen-bond acceptors (Lipinski definition) is 4. The number of rotatable bonds is 14. The fourth-order valence-electron chi connectivity index (χ4n) is 3.20. The van der Waals surface area contributed by atoms with E-state index in [-0.39, 0.29) is 6.09 Å². The lowest BCUT2D eigenvalue weighted by Gasteiger charge is -2.22. The first kappa shape index (κ1) is 26.1. The number of hydrogen-bond donors (Lipinski definition) is 2. The minimum absolute atomic E-state index is 0.320. The van der Waals surface area contributed by atoms with Crippen LogP contribution in [0, 0.1) is 0 Å². The Morgan fingerprint density at radius 2 is 1.50 bits per heavy atom. The number of anilines is 1. The minimum atomic E-state index is -0.430. The number of carbonyl (C=O) groups excluding carboxylic acids is 1. The molecule has 170 valence electrons. The molecule has 0 unspecified atom stereocenters. The largest absolute Gasteiger partial charge is 0.444 e. The molecule has 0 saturated heterocycles. The van der Waals surface area contributed by atoms with Crippen molar-refractivity contribution in [3.05, 3.63) is 24.5 Å². The fraction of sp³-hybridized carbons (Fsp3) is 0.696. The fourth-order valence-corrected chi connectivity index (χ4v) is 3.40. The summed E-state index contributed by atoms with van der Waals surface area (Å²) in [6.07, 6.45) is 15.3. The number of thiocarbonyl (C=S) groups is 1. The Labute approximate surface area is 188 Å². The van der Waals surface area contributed by atoms with Crippen molar-refractivity contribution in [2.24, 2.45) is 5.73 Å². The summed E-state index contributed by atoms with van der Waals surface area (Å²) in [6, 6.07) is 3.87. The molecule has 0 spiro atoms. The Balaban J connectivity index is 1.93. The van der Waals surface area contributed by atoms with Gasteiger partial charge in [0.15, 0.2) is 5.11 Å². The Hall–Kier alpha value is -1.89. The number of nitrogens with one attached hydrogen (secondary N) is 1. The molecule has 1 aromatic heterocycles. The number of pyridine rings is 1. The van der Waals surface area contributed by atoms with E-state index in [2.05, 4.69) is 10.3 Å². The van der Waals surface area contributed by atoms with Crippen molar-refractivity contribution in [1.29, 1.82) is 0 Å². The predicted molar refractivity (Wildman–Crippen MR) is 129 cm³/mol. The van der Waals surface area contributed by atoms with Crippen molar-refractivity contribution >= 4 is 29.1 Å². The highest BCUT2D eigenvalue weighted by atomic mass is 32.1. The monoisotopic (exact) mass is 436 g/mol. The van der Waals surface area contributed by atoms with Gasteiger partial charge in [-0.2, -0.15) is 0 Å². The van der Waals surface area contributed by atoms with Gasteiger partial charge in [-0.25, -0.2) is 4.79 Å². The molecule has 0 aliphatic heterocycles. The first-order valence-electron chi connectivity index (χ1n) is 11.2. The molecule has 6 nitrogen and oxygen atoms in total. The molecule has 0 aliphatic rings. The summed E-state index contributed by atoms with van der Waals surface area (Å²) in [5.74, 6) is 0. The van der Waals surface area contributed by atoms with Crippen LogP contribution in [0.25, 0.3) is 0 Å².